The van der Waals surface area contributed by atoms with Crippen LogP contribution in [0.15, 0.2) is 0 Å². The molecule has 0 amide bonds. The number of nitrogens with two attached hydrogens (primary N) is 2. The molecule has 0 saturated heterocycles. The predicted molar refractivity (Wildman–Crippen MR) is 71.4 cm³/mol. The van der Waals surface area contributed by atoms with Gasteiger partial charge in [-0.25, -0.2) is 0 Å². The van der Waals surface area contributed by atoms with E-state index in [9.17, 15) is 9.59 Å². The Morgan fingerprint density at radius 3 is 2.50 bits per heavy atom. The summed E-state index contributed by atoms with van der Waals surface area (Å²) in [6, 6.07) is -0.632. The number of thioether (sulfide) groups is 1. The van der Waals surface area contributed by atoms with Gasteiger partial charge >= 0.3 is 0 Å². The van der Waals surface area contributed by atoms with Crippen molar-refractivity contribution in [3.05, 3.63) is 0 Å². The molecule has 0 aliphatic rings. The second kappa shape index (κ2) is 11.6. The Morgan fingerprint density at radius 1 is 1.22 bits per heavy atom. The first kappa shape index (κ1) is 17.5. The minimum Gasteiger partial charge on any atom is -0.378 e. The lowest BCUT2D eigenvalue weighted by molar-refractivity contribution is -0.121. The van der Waals surface area contributed by atoms with Crippen LogP contribution in [-0.4, -0.2) is 55.7 Å². The summed E-state index contributed by atoms with van der Waals surface area (Å²) in [6.45, 7) is 3.46. The first-order chi connectivity index (χ1) is 8.57. The fourth-order valence-electron chi connectivity index (χ4n) is 1.09. The van der Waals surface area contributed by atoms with Crippen LogP contribution in [0.25, 0.3) is 0 Å². The van der Waals surface area contributed by atoms with Crippen LogP contribution in [0.3, 0.4) is 0 Å². The number of carbonyl (C=O) groups is 2. The number of Topliss-reactive ketones (excluding diaryl/α,β-unsaturated/α-hetero) is 1. The molecule has 106 valence electrons. The van der Waals surface area contributed by atoms with Gasteiger partial charge in [-0.1, -0.05) is 11.8 Å². The monoisotopic (exact) mass is 278 g/mol. The van der Waals surface area contributed by atoms with Gasteiger partial charge in [0.2, 0.25) is 0 Å². The van der Waals surface area contributed by atoms with Crippen LogP contribution in [0.4, 0.5) is 0 Å². The number of ketones is 1. The van der Waals surface area contributed by atoms with Gasteiger partial charge in [0.15, 0.2) is 10.9 Å². The van der Waals surface area contributed by atoms with Gasteiger partial charge in [0.25, 0.3) is 0 Å². The Labute approximate surface area is 112 Å². The first-order valence-corrected chi connectivity index (χ1v) is 6.83. The topological polar surface area (TPSA) is 105 Å². The third-order valence-electron chi connectivity index (χ3n) is 2.00. The summed E-state index contributed by atoms with van der Waals surface area (Å²) in [5.41, 5.74) is 10.9. The summed E-state index contributed by atoms with van der Waals surface area (Å²) in [6.07, 6.45) is 0.290. The van der Waals surface area contributed by atoms with E-state index in [1.54, 1.807) is 0 Å². The van der Waals surface area contributed by atoms with E-state index in [4.69, 9.17) is 20.9 Å². The van der Waals surface area contributed by atoms with Crippen molar-refractivity contribution >= 4 is 22.7 Å². The molecule has 0 radical (unpaired) electrons. The molecule has 0 spiro atoms. The van der Waals surface area contributed by atoms with E-state index in [1.807, 2.05) is 0 Å². The molecule has 7 heteroatoms. The standard InChI is InChI=1S/C11H22N2O4S/c1-9(14)18-7-2-11(15)10(13)8-17-6-5-16-4-3-12/h10H,2-8,12-13H2,1H3. The highest BCUT2D eigenvalue weighted by atomic mass is 32.2. The lowest BCUT2D eigenvalue weighted by atomic mass is 10.2. The number of rotatable bonds is 11. The number of hydrogen-bond donors (Lipinski definition) is 2. The maximum absolute atomic E-state index is 11.5. The summed E-state index contributed by atoms with van der Waals surface area (Å²) in [5, 5.41) is 0.00433. The van der Waals surface area contributed by atoms with Gasteiger partial charge in [0, 0.05) is 25.6 Å². The Balaban J connectivity index is 3.47. The van der Waals surface area contributed by atoms with E-state index in [2.05, 4.69) is 0 Å². The minimum atomic E-state index is -0.632. The van der Waals surface area contributed by atoms with Gasteiger partial charge in [-0.2, -0.15) is 0 Å². The van der Waals surface area contributed by atoms with Crippen LogP contribution in [0.2, 0.25) is 0 Å². The summed E-state index contributed by atoms with van der Waals surface area (Å²) < 4.78 is 10.3. The maximum atomic E-state index is 11.5. The molecule has 0 aromatic carbocycles. The molecule has 0 aliphatic heterocycles. The molecule has 0 saturated carbocycles. The normalized spacial score (nSPS) is 12.4. The quantitative estimate of drug-likeness (QED) is 0.493. The Kier molecular flexibility index (Phi) is 11.3. The van der Waals surface area contributed by atoms with Gasteiger partial charge in [-0.3, -0.25) is 9.59 Å². The highest BCUT2D eigenvalue weighted by molar-refractivity contribution is 8.13. The van der Waals surface area contributed by atoms with Crippen molar-refractivity contribution in [3.8, 4) is 0 Å². The third-order valence-corrected chi connectivity index (χ3v) is 2.81. The zero-order valence-corrected chi connectivity index (χ0v) is 11.5. The average molecular weight is 278 g/mol. The maximum Gasteiger partial charge on any atom is 0.185 e. The molecule has 6 nitrogen and oxygen atoms in total. The Morgan fingerprint density at radius 2 is 1.89 bits per heavy atom. The zero-order valence-electron chi connectivity index (χ0n) is 10.7. The fourth-order valence-corrected chi connectivity index (χ4v) is 1.68. The molecule has 1 unspecified atom stereocenters. The van der Waals surface area contributed by atoms with Gasteiger partial charge < -0.3 is 20.9 Å². The van der Waals surface area contributed by atoms with E-state index in [-0.39, 0.29) is 17.5 Å². The second-order valence-corrected chi connectivity index (χ2v) is 4.91. The van der Waals surface area contributed by atoms with Crippen LogP contribution in [0, 0.1) is 0 Å². The van der Waals surface area contributed by atoms with Gasteiger partial charge in [-0.05, 0) is 0 Å². The number of hydrogen-bond acceptors (Lipinski definition) is 7. The highest BCUT2D eigenvalue weighted by Gasteiger charge is 2.13. The summed E-state index contributed by atoms with van der Waals surface area (Å²) in [5.74, 6) is 0.383. The zero-order chi connectivity index (χ0) is 13.8. The van der Waals surface area contributed by atoms with Crippen molar-refractivity contribution in [1.29, 1.82) is 0 Å². The number of carbonyl (C=O) groups excluding carboxylic acids is 2. The molecule has 0 fully saturated rings. The smallest absolute Gasteiger partial charge is 0.185 e. The number of ether oxygens (including phenoxy) is 2. The van der Waals surface area contributed by atoms with E-state index < -0.39 is 6.04 Å². The van der Waals surface area contributed by atoms with Gasteiger partial charge in [0.1, 0.15) is 0 Å². The molecule has 0 aliphatic carbocycles. The lowest BCUT2D eigenvalue weighted by Crippen LogP contribution is -2.36. The van der Waals surface area contributed by atoms with Gasteiger partial charge in [0.05, 0.1) is 32.5 Å². The van der Waals surface area contributed by atoms with Crippen molar-refractivity contribution in [2.45, 2.75) is 19.4 Å². The summed E-state index contributed by atoms with van der Waals surface area (Å²) in [4.78, 5) is 22.2. The average Bonchev–Trinajstić information content (AvgIpc) is 2.32. The molecule has 18 heavy (non-hydrogen) atoms. The summed E-state index contributed by atoms with van der Waals surface area (Å²) >= 11 is 1.13. The van der Waals surface area contributed by atoms with Crippen LogP contribution in [-0.2, 0) is 19.1 Å². The first-order valence-electron chi connectivity index (χ1n) is 5.85. The molecule has 4 N–H and O–H groups in total. The molecule has 0 aromatic heterocycles. The third kappa shape index (κ3) is 10.7. The summed E-state index contributed by atoms with van der Waals surface area (Å²) in [7, 11) is 0. The fraction of sp³-hybridized carbons (Fsp3) is 0.818. The van der Waals surface area contributed by atoms with Crippen molar-refractivity contribution in [1.82, 2.24) is 0 Å². The van der Waals surface area contributed by atoms with E-state index in [0.29, 0.717) is 38.5 Å². The minimum absolute atomic E-state index is 0.00433. The second-order valence-electron chi connectivity index (χ2n) is 3.64. The SMILES string of the molecule is CC(=O)SCCC(=O)C(N)COCCOCCN. The van der Waals surface area contributed by atoms with Crippen molar-refractivity contribution in [3.63, 3.8) is 0 Å². The highest BCUT2D eigenvalue weighted by Crippen LogP contribution is 2.04. The molecule has 0 rings (SSSR count). The molecule has 1 atom stereocenters. The van der Waals surface area contributed by atoms with Crippen LogP contribution in [0.1, 0.15) is 13.3 Å². The van der Waals surface area contributed by atoms with Gasteiger partial charge in [-0.15, -0.1) is 0 Å². The molecule has 0 aromatic rings. The molecule has 0 bridgehead atoms. The molecule has 0 heterocycles. The van der Waals surface area contributed by atoms with Crippen LogP contribution in [0.5, 0.6) is 0 Å². The van der Waals surface area contributed by atoms with E-state index >= 15 is 0 Å². The van der Waals surface area contributed by atoms with Crippen LogP contribution < -0.4 is 11.5 Å². The molecular formula is C11H22N2O4S. The Hall–Kier alpha value is -0.470. The lowest BCUT2D eigenvalue weighted by Gasteiger charge is -2.11. The van der Waals surface area contributed by atoms with E-state index in [0.717, 1.165) is 11.8 Å². The Bertz CT molecular complexity index is 251. The van der Waals surface area contributed by atoms with Crippen LogP contribution >= 0.6 is 11.8 Å². The van der Waals surface area contributed by atoms with E-state index in [1.165, 1.54) is 6.92 Å². The van der Waals surface area contributed by atoms with Crippen molar-refractivity contribution < 1.29 is 19.1 Å². The largest absolute Gasteiger partial charge is 0.378 e. The molecular weight excluding hydrogens is 256 g/mol. The van der Waals surface area contributed by atoms with Crippen molar-refractivity contribution in [2.75, 3.05) is 38.7 Å². The van der Waals surface area contributed by atoms with Crippen molar-refractivity contribution in [2.24, 2.45) is 11.5 Å². The predicted octanol–water partition coefficient (Wildman–Crippen LogP) is -0.455.